The van der Waals surface area contributed by atoms with Gasteiger partial charge in [0.15, 0.2) is 17.3 Å². The Labute approximate surface area is 110 Å². The van der Waals surface area contributed by atoms with Crippen molar-refractivity contribution in [2.24, 2.45) is 0 Å². The number of halogens is 2. The van der Waals surface area contributed by atoms with Crippen LogP contribution in [0.1, 0.15) is 5.56 Å². The second kappa shape index (κ2) is 5.27. The van der Waals surface area contributed by atoms with E-state index in [1.54, 1.807) is 24.3 Å². The molecule has 0 unspecified atom stereocenters. The molecule has 0 aliphatic carbocycles. The largest absolute Gasteiger partial charge is 0.490 e. The molecule has 0 aliphatic rings. The van der Waals surface area contributed by atoms with E-state index < -0.39 is 5.82 Å². The highest BCUT2D eigenvalue weighted by Crippen LogP contribution is 2.34. The third kappa shape index (κ3) is 2.57. The van der Waals surface area contributed by atoms with Crippen molar-refractivity contribution in [3.8, 4) is 17.2 Å². The molecule has 0 fully saturated rings. The fraction of sp³-hybridized carbons (Fsp3) is 0.143. The molecule has 0 radical (unpaired) electrons. The molecule has 0 aliphatic heterocycles. The van der Waals surface area contributed by atoms with Crippen molar-refractivity contribution in [3.63, 3.8) is 0 Å². The van der Waals surface area contributed by atoms with Crippen molar-refractivity contribution in [2.75, 3.05) is 7.11 Å². The average Bonchev–Trinajstić information content (AvgIpc) is 2.34. The van der Waals surface area contributed by atoms with Gasteiger partial charge in [-0.05, 0) is 36.8 Å². The van der Waals surface area contributed by atoms with Crippen molar-refractivity contribution in [1.82, 2.24) is 0 Å². The molecule has 2 rings (SSSR count). The zero-order valence-electron chi connectivity index (χ0n) is 10.0. The summed E-state index contributed by atoms with van der Waals surface area (Å²) >= 11 is 6.00. The fourth-order valence-electron chi connectivity index (χ4n) is 1.53. The minimum absolute atomic E-state index is 0.0780. The van der Waals surface area contributed by atoms with Crippen LogP contribution in [0, 0.1) is 12.7 Å². The van der Waals surface area contributed by atoms with Crippen LogP contribution in [0.3, 0.4) is 0 Å². The zero-order valence-corrected chi connectivity index (χ0v) is 10.8. The van der Waals surface area contributed by atoms with Crippen LogP contribution in [0.5, 0.6) is 17.2 Å². The standard InChI is InChI=1S/C14H12ClFO2/c1-9-6-7-10(8-11(9)15)18-13-5-3-4-12(16)14(13)17-2/h3-8H,1-2H3. The highest BCUT2D eigenvalue weighted by Gasteiger charge is 2.11. The second-order valence-electron chi connectivity index (χ2n) is 3.78. The third-order valence-electron chi connectivity index (χ3n) is 2.51. The average molecular weight is 267 g/mol. The van der Waals surface area contributed by atoms with Gasteiger partial charge < -0.3 is 9.47 Å². The number of hydrogen-bond donors (Lipinski definition) is 0. The molecule has 0 saturated carbocycles. The van der Waals surface area contributed by atoms with Gasteiger partial charge in [-0.2, -0.15) is 0 Å². The molecule has 0 amide bonds. The molecular weight excluding hydrogens is 255 g/mol. The Morgan fingerprint density at radius 3 is 2.61 bits per heavy atom. The Balaban J connectivity index is 2.34. The number of aryl methyl sites for hydroxylation is 1. The summed E-state index contributed by atoms with van der Waals surface area (Å²) in [6.45, 7) is 1.90. The van der Waals surface area contributed by atoms with Gasteiger partial charge in [-0.3, -0.25) is 0 Å². The SMILES string of the molecule is COc1c(F)cccc1Oc1ccc(C)c(Cl)c1. The topological polar surface area (TPSA) is 18.5 Å². The van der Waals surface area contributed by atoms with Gasteiger partial charge in [-0.25, -0.2) is 4.39 Å². The molecule has 2 nitrogen and oxygen atoms in total. The zero-order chi connectivity index (χ0) is 13.1. The molecule has 0 bridgehead atoms. The van der Waals surface area contributed by atoms with E-state index >= 15 is 0 Å². The third-order valence-corrected chi connectivity index (χ3v) is 2.91. The molecule has 4 heteroatoms. The summed E-state index contributed by atoms with van der Waals surface area (Å²) in [5.74, 6) is 0.467. The minimum atomic E-state index is -0.465. The van der Waals surface area contributed by atoms with Gasteiger partial charge in [-0.1, -0.05) is 23.7 Å². The Hall–Kier alpha value is -1.74. The van der Waals surface area contributed by atoms with Crippen molar-refractivity contribution < 1.29 is 13.9 Å². The van der Waals surface area contributed by atoms with E-state index in [2.05, 4.69) is 0 Å². The molecule has 0 heterocycles. The maximum atomic E-state index is 13.5. The first-order valence-corrected chi connectivity index (χ1v) is 5.76. The lowest BCUT2D eigenvalue weighted by Crippen LogP contribution is -1.93. The van der Waals surface area contributed by atoms with Crippen LogP contribution in [-0.2, 0) is 0 Å². The highest BCUT2D eigenvalue weighted by molar-refractivity contribution is 6.31. The van der Waals surface area contributed by atoms with Gasteiger partial charge in [-0.15, -0.1) is 0 Å². The van der Waals surface area contributed by atoms with Crippen molar-refractivity contribution in [3.05, 3.63) is 52.8 Å². The summed E-state index contributed by atoms with van der Waals surface area (Å²) in [5, 5.41) is 0.600. The van der Waals surface area contributed by atoms with Crippen LogP contribution < -0.4 is 9.47 Å². The number of para-hydroxylation sites is 1. The first-order chi connectivity index (χ1) is 8.61. The summed E-state index contributed by atoms with van der Waals surface area (Å²) in [6, 6.07) is 9.79. The number of benzene rings is 2. The highest BCUT2D eigenvalue weighted by atomic mass is 35.5. The number of hydrogen-bond acceptors (Lipinski definition) is 2. The fourth-order valence-corrected chi connectivity index (χ4v) is 1.70. The van der Waals surface area contributed by atoms with E-state index in [0.717, 1.165) is 5.56 Å². The molecule has 0 spiro atoms. The maximum Gasteiger partial charge on any atom is 0.197 e. The Morgan fingerprint density at radius 2 is 1.94 bits per heavy atom. The lowest BCUT2D eigenvalue weighted by molar-refractivity contribution is 0.356. The van der Waals surface area contributed by atoms with E-state index in [1.807, 2.05) is 13.0 Å². The molecule has 2 aromatic carbocycles. The normalized spacial score (nSPS) is 10.2. The van der Waals surface area contributed by atoms with Gasteiger partial charge in [0.25, 0.3) is 0 Å². The molecule has 18 heavy (non-hydrogen) atoms. The lowest BCUT2D eigenvalue weighted by atomic mass is 10.2. The molecule has 0 saturated heterocycles. The Kier molecular flexibility index (Phi) is 3.72. The Bertz CT molecular complexity index is 570. The van der Waals surface area contributed by atoms with Crippen LogP contribution in [0.2, 0.25) is 5.02 Å². The molecular formula is C14H12ClFO2. The lowest BCUT2D eigenvalue weighted by Gasteiger charge is -2.11. The summed E-state index contributed by atoms with van der Waals surface area (Å²) in [7, 11) is 1.40. The molecule has 2 aromatic rings. The number of methoxy groups -OCH3 is 1. The summed E-state index contributed by atoms with van der Waals surface area (Å²) in [5.41, 5.74) is 0.954. The predicted molar refractivity (Wildman–Crippen MR) is 69.2 cm³/mol. The van der Waals surface area contributed by atoms with E-state index in [1.165, 1.54) is 13.2 Å². The molecule has 0 atom stereocenters. The molecule has 0 aromatic heterocycles. The van der Waals surface area contributed by atoms with Crippen molar-refractivity contribution in [2.45, 2.75) is 6.92 Å². The van der Waals surface area contributed by atoms with Crippen LogP contribution in [-0.4, -0.2) is 7.11 Å². The van der Waals surface area contributed by atoms with Crippen LogP contribution in [0.4, 0.5) is 4.39 Å². The monoisotopic (exact) mass is 266 g/mol. The molecule has 0 N–H and O–H groups in total. The summed E-state index contributed by atoms with van der Waals surface area (Å²) in [6.07, 6.45) is 0. The number of rotatable bonds is 3. The van der Waals surface area contributed by atoms with Crippen LogP contribution >= 0.6 is 11.6 Å². The van der Waals surface area contributed by atoms with Gasteiger partial charge >= 0.3 is 0 Å². The maximum absolute atomic E-state index is 13.5. The Morgan fingerprint density at radius 1 is 1.17 bits per heavy atom. The smallest absolute Gasteiger partial charge is 0.197 e. The van der Waals surface area contributed by atoms with Crippen LogP contribution in [0.15, 0.2) is 36.4 Å². The summed E-state index contributed by atoms with van der Waals surface area (Å²) < 4.78 is 24.0. The van der Waals surface area contributed by atoms with E-state index in [0.29, 0.717) is 16.5 Å². The first-order valence-electron chi connectivity index (χ1n) is 5.38. The van der Waals surface area contributed by atoms with Gasteiger partial charge in [0, 0.05) is 5.02 Å². The summed E-state index contributed by atoms with van der Waals surface area (Å²) in [4.78, 5) is 0. The minimum Gasteiger partial charge on any atom is -0.490 e. The van der Waals surface area contributed by atoms with E-state index in [9.17, 15) is 4.39 Å². The van der Waals surface area contributed by atoms with Gasteiger partial charge in [0.05, 0.1) is 7.11 Å². The van der Waals surface area contributed by atoms with Crippen molar-refractivity contribution in [1.29, 1.82) is 0 Å². The molecule has 94 valence electrons. The van der Waals surface area contributed by atoms with Crippen LogP contribution in [0.25, 0.3) is 0 Å². The van der Waals surface area contributed by atoms with Gasteiger partial charge in [0.2, 0.25) is 0 Å². The number of ether oxygens (including phenoxy) is 2. The predicted octanol–water partition coefficient (Wildman–Crippen LogP) is 4.59. The van der Waals surface area contributed by atoms with E-state index in [4.69, 9.17) is 21.1 Å². The quantitative estimate of drug-likeness (QED) is 0.809. The van der Waals surface area contributed by atoms with E-state index in [-0.39, 0.29) is 5.75 Å². The van der Waals surface area contributed by atoms with Crippen molar-refractivity contribution >= 4 is 11.6 Å². The first kappa shape index (κ1) is 12.7. The van der Waals surface area contributed by atoms with Gasteiger partial charge in [0.1, 0.15) is 5.75 Å². The second-order valence-corrected chi connectivity index (χ2v) is 4.19.